The van der Waals surface area contributed by atoms with Crippen LogP contribution in [0.25, 0.3) is 0 Å². The van der Waals surface area contributed by atoms with E-state index in [1.165, 1.54) is 25.3 Å². The third-order valence-corrected chi connectivity index (χ3v) is 4.48. The van der Waals surface area contributed by atoms with Crippen molar-refractivity contribution in [1.29, 1.82) is 0 Å². The molecule has 112 valence electrons. The molecule has 0 aromatic carbocycles. The predicted molar refractivity (Wildman–Crippen MR) is 76.3 cm³/mol. The van der Waals surface area contributed by atoms with Crippen molar-refractivity contribution >= 4 is 11.9 Å². The first-order valence-corrected chi connectivity index (χ1v) is 7.52. The maximum Gasteiger partial charge on any atom is 0.326 e. The second-order valence-electron chi connectivity index (χ2n) is 5.87. The van der Waals surface area contributed by atoms with Crippen LogP contribution in [0.1, 0.15) is 44.9 Å². The molecule has 1 aliphatic carbocycles. The van der Waals surface area contributed by atoms with E-state index in [0.717, 1.165) is 19.3 Å². The van der Waals surface area contributed by atoms with E-state index in [9.17, 15) is 9.59 Å². The van der Waals surface area contributed by atoms with Crippen molar-refractivity contribution in [3.8, 4) is 0 Å². The number of carboxylic acid groups (broad SMARTS) is 1. The summed E-state index contributed by atoms with van der Waals surface area (Å²) in [4.78, 5) is 23.2. The summed E-state index contributed by atoms with van der Waals surface area (Å²) in [6, 6.07) is -0.692. The first kappa shape index (κ1) is 15.0. The van der Waals surface area contributed by atoms with Crippen molar-refractivity contribution in [2.75, 3.05) is 0 Å². The van der Waals surface area contributed by atoms with E-state index < -0.39 is 12.0 Å². The van der Waals surface area contributed by atoms with Crippen LogP contribution in [0.2, 0.25) is 0 Å². The first-order chi connectivity index (χ1) is 9.61. The Morgan fingerprint density at radius 2 is 2.05 bits per heavy atom. The van der Waals surface area contributed by atoms with Gasteiger partial charge in [0.25, 0.3) is 0 Å². The van der Waals surface area contributed by atoms with E-state index in [1.54, 1.807) is 0 Å². The normalized spacial score (nSPS) is 30.9. The SMILES string of the molecule is C=CCC(NC(=O)C1CCC2CCCCC2N1)C(=O)O. The van der Waals surface area contributed by atoms with Crippen LogP contribution in [0, 0.1) is 5.92 Å². The Labute approximate surface area is 119 Å². The van der Waals surface area contributed by atoms with E-state index in [4.69, 9.17) is 5.11 Å². The fraction of sp³-hybridized carbons (Fsp3) is 0.733. The molecular formula is C15H24N2O3. The highest BCUT2D eigenvalue weighted by Gasteiger charge is 2.35. The lowest BCUT2D eigenvalue weighted by atomic mass is 9.77. The fourth-order valence-electron chi connectivity index (χ4n) is 3.36. The number of amides is 1. The second-order valence-corrected chi connectivity index (χ2v) is 5.87. The molecule has 5 nitrogen and oxygen atoms in total. The molecule has 4 unspecified atom stereocenters. The monoisotopic (exact) mass is 280 g/mol. The molecule has 20 heavy (non-hydrogen) atoms. The Bertz CT molecular complexity index is 383. The molecule has 1 saturated carbocycles. The number of carboxylic acids is 1. The Morgan fingerprint density at radius 3 is 2.75 bits per heavy atom. The lowest BCUT2D eigenvalue weighted by Gasteiger charge is -2.40. The molecule has 4 atom stereocenters. The lowest BCUT2D eigenvalue weighted by molar-refractivity contribution is -0.142. The van der Waals surface area contributed by atoms with E-state index in [0.29, 0.717) is 12.0 Å². The van der Waals surface area contributed by atoms with Crippen LogP contribution in [-0.4, -0.2) is 35.1 Å². The topological polar surface area (TPSA) is 78.4 Å². The van der Waals surface area contributed by atoms with Crippen molar-refractivity contribution in [2.24, 2.45) is 5.92 Å². The summed E-state index contributed by atoms with van der Waals surface area (Å²) >= 11 is 0. The van der Waals surface area contributed by atoms with E-state index in [1.807, 2.05) is 0 Å². The van der Waals surface area contributed by atoms with Crippen LogP contribution in [0.15, 0.2) is 12.7 Å². The standard InChI is InChI=1S/C15H24N2O3/c1-2-5-13(15(19)20)17-14(18)12-9-8-10-6-3-4-7-11(10)16-12/h2,10-13,16H,1,3-9H2,(H,17,18)(H,19,20). The predicted octanol–water partition coefficient (Wildman–Crippen LogP) is 1.44. The minimum Gasteiger partial charge on any atom is -0.480 e. The molecule has 3 N–H and O–H groups in total. The van der Waals surface area contributed by atoms with Gasteiger partial charge in [0.2, 0.25) is 5.91 Å². The van der Waals surface area contributed by atoms with Gasteiger partial charge in [-0.05, 0) is 38.0 Å². The Morgan fingerprint density at radius 1 is 1.30 bits per heavy atom. The molecule has 2 aliphatic rings. The third kappa shape index (κ3) is 3.60. The first-order valence-electron chi connectivity index (χ1n) is 7.52. The van der Waals surface area contributed by atoms with Crippen molar-refractivity contribution in [1.82, 2.24) is 10.6 Å². The van der Waals surface area contributed by atoms with Crippen molar-refractivity contribution in [2.45, 2.75) is 63.1 Å². The number of fused-ring (bicyclic) bond motifs is 1. The van der Waals surface area contributed by atoms with Gasteiger partial charge in [-0.2, -0.15) is 0 Å². The smallest absolute Gasteiger partial charge is 0.326 e. The van der Waals surface area contributed by atoms with Gasteiger partial charge in [0.05, 0.1) is 6.04 Å². The minimum absolute atomic E-state index is 0.191. The largest absolute Gasteiger partial charge is 0.480 e. The second kappa shape index (κ2) is 6.88. The van der Waals surface area contributed by atoms with E-state index in [2.05, 4.69) is 17.2 Å². The Balaban J connectivity index is 1.89. The van der Waals surface area contributed by atoms with Gasteiger partial charge in [-0.25, -0.2) is 4.79 Å². The molecule has 0 radical (unpaired) electrons. The average Bonchev–Trinajstić information content (AvgIpc) is 2.46. The summed E-state index contributed by atoms with van der Waals surface area (Å²) in [6.07, 6.45) is 8.52. The van der Waals surface area contributed by atoms with Crippen LogP contribution >= 0.6 is 0 Å². The molecule has 0 aromatic heterocycles. The lowest BCUT2D eigenvalue weighted by Crippen LogP contribution is -2.57. The number of carbonyl (C=O) groups excluding carboxylic acids is 1. The zero-order chi connectivity index (χ0) is 14.5. The highest BCUT2D eigenvalue weighted by atomic mass is 16.4. The zero-order valence-corrected chi connectivity index (χ0v) is 11.8. The van der Waals surface area contributed by atoms with Crippen LogP contribution in [0.4, 0.5) is 0 Å². The van der Waals surface area contributed by atoms with E-state index >= 15 is 0 Å². The quantitative estimate of drug-likeness (QED) is 0.666. The number of piperidine rings is 1. The van der Waals surface area contributed by atoms with Crippen LogP contribution in [-0.2, 0) is 9.59 Å². The molecule has 2 fully saturated rings. The van der Waals surface area contributed by atoms with E-state index in [-0.39, 0.29) is 18.4 Å². The highest BCUT2D eigenvalue weighted by molar-refractivity contribution is 5.87. The number of hydrogen-bond donors (Lipinski definition) is 3. The summed E-state index contributed by atoms with van der Waals surface area (Å²) in [5, 5.41) is 15.1. The number of carbonyl (C=O) groups is 2. The summed E-state index contributed by atoms with van der Waals surface area (Å²) < 4.78 is 0. The number of nitrogens with one attached hydrogen (secondary N) is 2. The molecule has 2 rings (SSSR count). The van der Waals surface area contributed by atoms with Gasteiger partial charge in [0.1, 0.15) is 6.04 Å². The number of hydrogen-bond acceptors (Lipinski definition) is 3. The number of rotatable bonds is 5. The highest BCUT2D eigenvalue weighted by Crippen LogP contribution is 2.32. The molecule has 0 spiro atoms. The molecular weight excluding hydrogens is 256 g/mol. The molecule has 1 saturated heterocycles. The maximum atomic E-state index is 12.2. The van der Waals surface area contributed by atoms with Gasteiger partial charge in [-0.15, -0.1) is 6.58 Å². The maximum absolute atomic E-state index is 12.2. The molecule has 1 heterocycles. The summed E-state index contributed by atoms with van der Waals surface area (Å²) in [6.45, 7) is 3.53. The summed E-state index contributed by atoms with van der Waals surface area (Å²) in [7, 11) is 0. The molecule has 5 heteroatoms. The van der Waals surface area contributed by atoms with Crippen molar-refractivity contribution in [3.63, 3.8) is 0 Å². The third-order valence-electron chi connectivity index (χ3n) is 4.48. The van der Waals surface area contributed by atoms with Gasteiger partial charge in [0.15, 0.2) is 0 Å². The van der Waals surface area contributed by atoms with Gasteiger partial charge >= 0.3 is 5.97 Å². The Kier molecular flexibility index (Phi) is 5.17. The Hall–Kier alpha value is -1.36. The molecule has 1 amide bonds. The number of aliphatic carboxylic acids is 1. The molecule has 0 bridgehead atoms. The zero-order valence-electron chi connectivity index (χ0n) is 11.8. The van der Waals surface area contributed by atoms with Crippen LogP contribution in [0.5, 0.6) is 0 Å². The van der Waals surface area contributed by atoms with Crippen LogP contribution in [0.3, 0.4) is 0 Å². The van der Waals surface area contributed by atoms with Crippen molar-refractivity contribution < 1.29 is 14.7 Å². The molecule has 1 aliphatic heterocycles. The van der Waals surface area contributed by atoms with Gasteiger partial charge in [-0.1, -0.05) is 18.9 Å². The fourth-order valence-corrected chi connectivity index (χ4v) is 3.36. The summed E-state index contributed by atoms with van der Waals surface area (Å²) in [5.74, 6) is -0.510. The summed E-state index contributed by atoms with van der Waals surface area (Å²) in [5.41, 5.74) is 0. The average molecular weight is 280 g/mol. The minimum atomic E-state index is -1.01. The van der Waals surface area contributed by atoms with Gasteiger partial charge in [-0.3, -0.25) is 4.79 Å². The van der Waals surface area contributed by atoms with Crippen LogP contribution < -0.4 is 10.6 Å². The molecule has 0 aromatic rings. The van der Waals surface area contributed by atoms with Gasteiger partial charge in [0, 0.05) is 6.04 Å². The van der Waals surface area contributed by atoms with Crippen molar-refractivity contribution in [3.05, 3.63) is 12.7 Å². The van der Waals surface area contributed by atoms with Gasteiger partial charge < -0.3 is 15.7 Å².